The highest BCUT2D eigenvalue weighted by Gasteiger charge is 1.94. The van der Waals surface area contributed by atoms with Crippen LogP contribution in [-0.4, -0.2) is 24.9 Å². The number of hydrogen-bond acceptors (Lipinski definition) is 1. The SMILES string of the molecule is C[P](C)(C)O. The third kappa shape index (κ3) is 165. The molecule has 1 radical (unpaired) electrons. The summed E-state index contributed by atoms with van der Waals surface area (Å²) >= 11 is 0. The van der Waals surface area contributed by atoms with E-state index in [1.54, 1.807) is 0 Å². The van der Waals surface area contributed by atoms with Crippen molar-refractivity contribution in [1.29, 1.82) is 0 Å². The zero-order valence-corrected chi connectivity index (χ0v) is 4.79. The summed E-state index contributed by atoms with van der Waals surface area (Å²) in [6, 6.07) is 0. The molecule has 0 atom stereocenters. The van der Waals surface area contributed by atoms with Gasteiger partial charge in [0.1, 0.15) is 0 Å². The summed E-state index contributed by atoms with van der Waals surface area (Å²) in [6.07, 6.45) is 0. The minimum atomic E-state index is -1.39. The van der Waals surface area contributed by atoms with Crippen LogP contribution in [0.3, 0.4) is 0 Å². The van der Waals surface area contributed by atoms with Crippen LogP contribution in [0.4, 0.5) is 0 Å². The molecule has 0 spiro atoms. The van der Waals surface area contributed by atoms with E-state index >= 15 is 0 Å². The van der Waals surface area contributed by atoms with E-state index in [2.05, 4.69) is 0 Å². The van der Waals surface area contributed by atoms with Gasteiger partial charge in [0, 0.05) is 0 Å². The second-order valence-electron chi connectivity index (χ2n) is 1.94. The first kappa shape index (κ1) is 5.39. The summed E-state index contributed by atoms with van der Waals surface area (Å²) < 4.78 is 0. The summed E-state index contributed by atoms with van der Waals surface area (Å²) in [7, 11) is -1.39. The molecule has 0 aromatic carbocycles. The fraction of sp³-hybridized carbons (Fsp3) is 1.00. The van der Waals surface area contributed by atoms with Gasteiger partial charge >= 0.3 is 0 Å². The topological polar surface area (TPSA) is 20.2 Å². The quantitative estimate of drug-likeness (QED) is 0.439. The van der Waals surface area contributed by atoms with E-state index in [0.29, 0.717) is 0 Å². The zero-order chi connectivity index (χ0) is 4.50. The van der Waals surface area contributed by atoms with Gasteiger partial charge in [0.2, 0.25) is 0 Å². The third-order valence-electron chi connectivity index (χ3n) is 0. The van der Waals surface area contributed by atoms with Crippen molar-refractivity contribution >= 4 is 7.49 Å². The van der Waals surface area contributed by atoms with Gasteiger partial charge in [-0.15, -0.1) is 0 Å². The molecule has 0 saturated carbocycles. The van der Waals surface area contributed by atoms with Crippen LogP contribution < -0.4 is 0 Å². The fourth-order valence-corrected chi connectivity index (χ4v) is 0. The van der Waals surface area contributed by atoms with Crippen LogP contribution in [0.25, 0.3) is 0 Å². The summed E-state index contributed by atoms with van der Waals surface area (Å²) in [5.41, 5.74) is 0. The molecule has 0 amide bonds. The van der Waals surface area contributed by atoms with Crippen molar-refractivity contribution in [2.24, 2.45) is 0 Å². The maximum Gasteiger partial charge on any atom is -0.0243 e. The van der Waals surface area contributed by atoms with Crippen LogP contribution in [-0.2, 0) is 0 Å². The summed E-state index contributed by atoms with van der Waals surface area (Å²) in [4.78, 5) is 8.63. The molecule has 0 aromatic rings. The monoisotopic (exact) mass is 93.0 g/mol. The molecule has 0 bridgehead atoms. The third-order valence-corrected chi connectivity index (χ3v) is 0. The molecule has 1 nitrogen and oxygen atoms in total. The van der Waals surface area contributed by atoms with E-state index in [9.17, 15) is 0 Å². The standard InChI is InChI=1S/C3H10OP/c1-5(2,3)4/h4H,1-3H3. The Bertz CT molecular complexity index is 22.4. The van der Waals surface area contributed by atoms with E-state index in [1.807, 2.05) is 20.0 Å². The van der Waals surface area contributed by atoms with Crippen LogP contribution in [0.5, 0.6) is 0 Å². The van der Waals surface area contributed by atoms with Crippen molar-refractivity contribution in [3.05, 3.63) is 0 Å². The molecular formula is C3H10OP. The molecular weight excluding hydrogens is 83.0 g/mol. The van der Waals surface area contributed by atoms with Gasteiger partial charge in [-0.1, -0.05) is 0 Å². The Kier molecular flexibility index (Phi) is 1.33. The van der Waals surface area contributed by atoms with Crippen LogP contribution in [0, 0.1) is 0 Å². The van der Waals surface area contributed by atoms with Crippen molar-refractivity contribution in [2.75, 3.05) is 20.0 Å². The van der Waals surface area contributed by atoms with Gasteiger partial charge in [-0.2, -0.15) is 0 Å². The highest BCUT2D eigenvalue weighted by atomic mass is 31.2. The second-order valence-corrected chi connectivity index (χ2v) is 5.82. The maximum absolute atomic E-state index is 8.63. The zero-order valence-electron chi connectivity index (χ0n) is 3.89. The first-order valence-corrected chi connectivity index (χ1v) is 4.62. The van der Waals surface area contributed by atoms with E-state index in [1.165, 1.54) is 0 Å². The van der Waals surface area contributed by atoms with Crippen molar-refractivity contribution in [3.63, 3.8) is 0 Å². The predicted octanol–water partition coefficient (Wildman–Crippen LogP) is 0.801. The molecule has 33 valence electrons. The lowest BCUT2D eigenvalue weighted by Crippen LogP contribution is -1.75. The maximum atomic E-state index is 8.63. The molecule has 0 heterocycles. The molecule has 5 heavy (non-hydrogen) atoms. The van der Waals surface area contributed by atoms with Gasteiger partial charge in [0.25, 0.3) is 0 Å². The van der Waals surface area contributed by atoms with Gasteiger partial charge < -0.3 is 4.89 Å². The molecule has 0 aliphatic rings. The van der Waals surface area contributed by atoms with Crippen LogP contribution in [0.15, 0.2) is 0 Å². The van der Waals surface area contributed by atoms with Crippen LogP contribution in [0.2, 0.25) is 0 Å². The fourth-order valence-electron chi connectivity index (χ4n) is 0. The smallest absolute Gasteiger partial charge is 0.0243 e. The highest BCUT2D eigenvalue weighted by Crippen LogP contribution is 2.39. The Hall–Kier alpha value is 0.390. The van der Waals surface area contributed by atoms with Crippen LogP contribution in [0.1, 0.15) is 0 Å². The van der Waals surface area contributed by atoms with E-state index in [4.69, 9.17) is 4.89 Å². The van der Waals surface area contributed by atoms with Crippen molar-refractivity contribution in [3.8, 4) is 0 Å². The normalized spacial score (nSPS) is 12.0. The minimum Gasteiger partial charge on any atom is -0.381 e. The van der Waals surface area contributed by atoms with Crippen LogP contribution >= 0.6 is 7.49 Å². The number of rotatable bonds is 0. The Morgan fingerprint density at radius 2 is 1.20 bits per heavy atom. The summed E-state index contributed by atoms with van der Waals surface area (Å²) in [6.45, 7) is 5.56. The van der Waals surface area contributed by atoms with Crippen molar-refractivity contribution in [2.45, 2.75) is 0 Å². The minimum absolute atomic E-state index is 1.39. The summed E-state index contributed by atoms with van der Waals surface area (Å²) in [5.74, 6) is 0. The molecule has 0 fully saturated rings. The first-order valence-electron chi connectivity index (χ1n) is 1.54. The Labute approximate surface area is 33.4 Å². The van der Waals surface area contributed by atoms with Gasteiger partial charge in [0.05, 0.1) is 0 Å². The molecule has 2 heteroatoms. The average molecular weight is 93.1 g/mol. The van der Waals surface area contributed by atoms with Gasteiger partial charge in [0.15, 0.2) is 0 Å². The highest BCUT2D eigenvalue weighted by molar-refractivity contribution is 7.68. The van der Waals surface area contributed by atoms with Gasteiger partial charge in [-0.3, -0.25) is 0 Å². The van der Waals surface area contributed by atoms with Gasteiger partial charge in [-0.05, 0) is 27.5 Å². The lowest BCUT2D eigenvalue weighted by molar-refractivity contribution is 0.620. The largest absolute Gasteiger partial charge is 0.381 e. The van der Waals surface area contributed by atoms with E-state index in [-0.39, 0.29) is 0 Å². The van der Waals surface area contributed by atoms with Crippen molar-refractivity contribution < 1.29 is 4.89 Å². The molecule has 0 aliphatic carbocycles. The number of hydrogen-bond donors (Lipinski definition) is 1. The Morgan fingerprint density at radius 1 is 1.20 bits per heavy atom. The van der Waals surface area contributed by atoms with E-state index in [0.717, 1.165) is 0 Å². The predicted molar refractivity (Wildman–Crippen MR) is 26.9 cm³/mol. The molecule has 0 aromatic heterocycles. The lowest BCUT2D eigenvalue weighted by atomic mass is 11.9. The molecule has 0 aliphatic heterocycles. The van der Waals surface area contributed by atoms with Gasteiger partial charge in [-0.25, -0.2) is 0 Å². The average Bonchev–Trinajstić information content (AvgIpc) is 0.722. The molecule has 0 unspecified atom stereocenters. The Balaban J connectivity index is 3.02. The summed E-state index contributed by atoms with van der Waals surface area (Å²) in [5, 5.41) is 0. The van der Waals surface area contributed by atoms with Crippen molar-refractivity contribution in [1.82, 2.24) is 0 Å². The first-order chi connectivity index (χ1) is 2.00. The molecule has 1 N–H and O–H groups in total. The molecule has 0 rings (SSSR count). The van der Waals surface area contributed by atoms with E-state index < -0.39 is 7.49 Å². The Morgan fingerprint density at radius 3 is 1.20 bits per heavy atom. The second kappa shape index (κ2) is 1.24. The lowest BCUT2D eigenvalue weighted by Gasteiger charge is -2.08. The molecule has 0 saturated heterocycles.